The summed E-state index contributed by atoms with van der Waals surface area (Å²) in [4.78, 5) is 0. The van der Waals surface area contributed by atoms with Crippen molar-refractivity contribution in [3.05, 3.63) is 30.3 Å². The van der Waals surface area contributed by atoms with Crippen LogP contribution >= 0.6 is 0 Å². The minimum absolute atomic E-state index is 0.173. The molecule has 0 radical (unpaired) electrons. The molecular formula is C9H11N3O2S. The standard InChI is InChI=1S/C9H11N3O2S/c10-6-7-15(13,14)12(8-11)9-4-2-1-3-5-9/h1-5H,7-8,11H2. The van der Waals surface area contributed by atoms with Crippen LogP contribution in [-0.4, -0.2) is 20.8 Å². The Morgan fingerprint density at radius 1 is 1.33 bits per heavy atom. The van der Waals surface area contributed by atoms with Crippen molar-refractivity contribution in [3.8, 4) is 6.07 Å². The highest BCUT2D eigenvalue weighted by atomic mass is 32.2. The molecule has 1 rings (SSSR count). The minimum Gasteiger partial charge on any atom is -0.313 e. The van der Waals surface area contributed by atoms with Gasteiger partial charge in [-0.15, -0.1) is 0 Å². The van der Waals surface area contributed by atoms with Gasteiger partial charge in [0.05, 0.1) is 18.4 Å². The van der Waals surface area contributed by atoms with E-state index in [0.29, 0.717) is 5.69 Å². The second kappa shape index (κ2) is 4.77. The van der Waals surface area contributed by atoms with Crippen molar-refractivity contribution < 1.29 is 8.42 Å². The van der Waals surface area contributed by atoms with Gasteiger partial charge in [0, 0.05) is 0 Å². The third-order valence-electron chi connectivity index (χ3n) is 1.79. The number of benzene rings is 1. The number of nitriles is 1. The third kappa shape index (κ3) is 2.68. The Labute approximate surface area is 88.8 Å². The number of rotatable bonds is 4. The molecule has 2 N–H and O–H groups in total. The fraction of sp³-hybridized carbons (Fsp3) is 0.222. The largest absolute Gasteiger partial charge is 0.313 e. The lowest BCUT2D eigenvalue weighted by Gasteiger charge is -2.20. The SMILES string of the molecule is N#CCS(=O)(=O)N(CN)c1ccccc1. The zero-order chi connectivity index (χ0) is 11.3. The zero-order valence-electron chi connectivity index (χ0n) is 8.00. The van der Waals surface area contributed by atoms with E-state index in [1.54, 1.807) is 36.4 Å². The monoisotopic (exact) mass is 225 g/mol. The number of hydrogen-bond acceptors (Lipinski definition) is 4. The Bertz CT molecular complexity index is 450. The maximum atomic E-state index is 11.6. The normalized spacial score (nSPS) is 10.7. The predicted octanol–water partition coefficient (Wildman–Crippen LogP) is 0.263. The van der Waals surface area contributed by atoms with Crippen molar-refractivity contribution in [1.82, 2.24) is 0 Å². The maximum Gasteiger partial charge on any atom is 0.249 e. The van der Waals surface area contributed by atoms with Crippen LogP contribution in [0, 0.1) is 11.3 Å². The van der Waals surface area contributed by atoms with Gasteiger partial charge in [0.2, 0.25) is 10.0 Å². The fourth-order valence-corrected chi connectivity index (χ4v) is 2.12. The molecule has 0 heterocycles. The van der Waals surface area contributed by atoms with Crippen LogP contribution in [-0.2, 0) is 10.0 Å². The van der Waals surface area contributed by atoms with Crippen LogP contribution in [0.2, 0.25) is 0 Å². The van der Waals surface area contributed by atoms with Crippen LogP contribution < -0.4 is 10.0 Å². The van der Waals surface area contributed by atoms with E-state index in [9.17, 15) is 8.42 Å². The average molecular weight is 225 g/mol. The molecular weight excluding hydrogens is 214 g/mol. The average Bonchev–Trinajstić information content (AvgIpc) is 2.19. The molecule has 0 fully saturated rings. The topological polar surface area (TPSA) is 87.2 Å². The van der Waals surface area contributed by atoms with Crippen molar-refractivity contribution in [2.75, 3.05) is 16.7 Å². The fourth-order valence-electron chi connectivity index (χ4n) is 1.13. The van der Waals surface area contributed by atoms with Crippen molar-refractivity contribution >= 4 is 15.7 Å². The number of anilines is 1. The summed E-state index contributed by atoms with van der Waals surface area (Å²) in [6.07, 6.45) is 0. The van der Waals surface area contributed by atoms with E-state index in [2.05, 4.69) is 0 Å². The highest BCUT2D eigenvalue weighted by Gasteiger charge is 2.20. The van der Waals surface area contributed by atoms with Crippen LogP contribution in [0.5, 0.6) is 0 Å². The van der Waals surface area contributed by atoms with Gasteiger partial charge in [-0.2, -0.15) is 5.26 Å². The number of hydrogen-bond donors (Lipinski definition) is 1. The van der Waals surface area contributed by atoms with Gasteiger partial charge in [0.25, 0.3) is 0 Å². The second-order valence-corrected chi connectivity index (χ2v) is 4.67. The molecule has 0 aliphatic heterocycles. The molecule has 0 aromatic heterocycles. The van der Waals surface area contributed by atoms with Crippen molar-refractivity contribution in [2.45, 2.75) is 0 Å². The van der Waals surface area contributed by atoms with Gasteiger partial charge in [-0.05, 0) is 12.1 Å². The van der Waals surface area contributed by atoms with E-state index in [0.717, 1.165) is 4.31 Å². The molecule has 0 aliphatic rings. The first-order chi connectivity index (χ1) is 7.11. The number of sulfonamides is 1. The Morgan fingerprint density at radius 3 is 2.40 bits per heavy atom. The summed E-state index contributed by atoms with van der Waals surface area (Å²) in [5.41, 5.74) is 5.83. The quantitative estimate of drug-likeness (QED) is 0.745. The van der Waals surface area contributed by atoms with E-state index in [1.807, 2.05) is 0 Å². The van der Waals surface area contributed by atoms with Crippen LogP contribution in [0.25, 0.3) is 0 Å². The van der Waals surface area contributed by atoms with Crippen LogP contribution in [0.4, 0.5) is 5.69 Å². The summed E-state index contributed by atoms with van der Waals surface area (Å²) in [6, 6.07) is 10.1. The smallest absolute Gasteiger partial charge is 0.249 e. The Balaban J connectivity index is 3.07. The van der Waals surface area contributed by atoms with E-state index < -0.39 is 15.8 Å². The van der Waals surface area contributed by atoms with Gasteiger partial charge < -0.3 is 5.73 Å². The highest BCUT2D eigenvalue weighted by Crippen LogP contribution is 2.15. The Kier molecular flexibility index (Phi) is 3.66. The molecule has 0 saturated carbocycles. The lowest BCUT2D eigenvalue weighted by atomic mass is 10.3. The molecule has 0 atom stereocenters. The maximum absolute atomic E-state index is 11.6. The summed E-state index contributed by atoms with van der Waals surface area (Å²) in [6.45, 7) is -0.173. The van der Waals surface area contributed by atoms with Gasteiger partial charge in [0.1, 0.15) is 0 Å². The summed E-state index contributed by atoms with van der Waals surface area (Å²) in [7, 11) is -3.63. The van der Waals surface area contributed by atoms with E-state index in [1.165, 1.54) is 0 Å². The molecule has 5 nitrogen and oxygen atoms in total. The van der Waals surface area contributed by atoms with Crippen molar-refractivity contribution in [1.29, 1.82) is 5.26 Å². The minimum atomic E-state index is -3.63. The van der Waals surface area contributed by atoms with E-state index in [-0.39, 0.29) is 6.67 Å². The molecule has 1 aromatic carbocycles. The first-order valence-corrected chi connectivity index (χ1v) is 5.85. The lowest BCUT2D eigenvalue weighted by Crippen LogP contribution is -2.37. The Morgan fingerprint density at radius 2 is 1.93 bits per heavy atom. The van der Waals surface area contributed by atoms with Gasteiger partial charge in [-0.25, -0.2) is 8.42 Å². The molecule has 6 heteroatoms. The third-order valence-corrected chi connectivity index (χ3v) is 3.32. The predicted molar refractivity (Wildman–Crippen MR) is 57.4 cm³/mol. The van der Waals surface area contributed by atoms with Crippen molar-refractivity contribution in [3.63, 3.8) is 0 Å². The molecule has 0 unspecified atom stereocenters. The van der Waals surface area contributed by atoms with Crippen LogP contribution in [0.1, 0.15) is 0 Å². The van der Waals surface area contributed by atoms with E-state index >= 15 is 0 Å². The molecule has 15 heavy (non-hydrogen) atoms. The molecule has 0 saturated heterocycles. The van der Waals surface area contributed by atoms with Crippen molar-refractivity contribution in [2.24, 2.45) is 5.73 Å². The number of para-hydroxylation sites is 1. The summed E-state index contributed by atoms with van der Waals surface area (Å²) >= 11 is 0. The highest BCUT2D eigenvalue weighted by molar-refractivity contribution is 7.93. The van der Waals surface area contributed by atoms with Gasteiger partial charge in [0.15, 0.2) is 5.75 Å². The molecule has 0 amide bonds. The summed E-state index contributed by atoms with van der Waals surface area (Å²) in [5, 5.41) is 8.40. The number of nitrogens with two attached hydrogens (primary N) is 1. The van der Waals surface area contributed by atoms with E-state index in [4.69, 9.17) is 11.0 Å². The summed E-state index contributed by atoms with van der Waals surface area (Å²) < 4.78 is 24.2. The first-order valence-electron chi connectivity index (χ1n) is 4.24. The summed E-state index contributed by atoms with van der Waals surface area (Å²) in [5.74, 6) is -0.570. The van der Waals surface area contributed by atoms with Crippen LogP contribution in [0.15, 0.2) is 30.3 Å². The molecule has 1 aromatic rings. The zero-order valence-corrected chi connectivity index (χ0v) is 8.81. The molecule has 80 valence electrons. The first kappa shape index (κ1) is 11.5. The number of nitrogens with zero attached hydrogens (tertiary/aromatic N) is 2. The molecule has 0 spiro atoms. The lowest BCUT2D eigenvalue weighted by molar-refractivity contribution is 0.594. The van der Waals surface area contributed by atoms with Gasteiger partial charge >= 0.3 is 0 Å². The Hall–Kier alpha value is -1.58. The van der Waals surface area contributed by atoms with Gasteiger partial charge in [-0.3, -0.25) is 4.31 Å². The van der Waals surface area contributed by atoms with Gasteiger partial charge in [-0.1, -0.05) is 18.2 Å². The molecule has 0 bridgehead atoms. The van der Waals surface area contributed by atoms with Crippen LogP contribution in [0.3, 0.4) is 0 Å². The second-order valence-electron chi connectivity index (χ2n) is 2.78. The molecule has 0 aliphatic carbocycles.